The van der Waals surface area contributed by atoms with E-state index in [0.717, 1.165) is 17.0 Å². The Kier molecular flexibility index (Phi) is 10.3. The Bertz CT molecular complexity index is 1160. The number of benzene rings is 2. The number of nitrogens with zero attached hydrogens (tertiary/aromatic N) is 2. The molecule has 34 heavy (non-hydrogen) atoms. The number of sulfonamides is 1. The average molecular weight is 569 g/mol. The molecular weight excluding hydrogens is 544 g/mol. The largest absolute Gasteiger partial charge is 0.354 e. The summed E-state index contributed by atoms with van der Waals surface area (Å²) in [6.07, 6.45) is 1.68. The Morgan fingerprint density at radius 3 is 2.24 bits per heavy atom. The highest BCUT2D eigenvalue weighted by atomic mass is 35.5. The SMILES string of the molecule is CCCNC(=O)C(C)N(Cc1ccc(Cl)c(Cl)c1)C(=O)CN(c1ccc(Cl)cc1Cl)S(C)(=O)=O. The van der Waals surface area contributed by atoms with Crippen LogP contribution in [0, 0.1) is 0 Å². The van der Waals surface area contributed by atoms with Crippen LogP contribution < -0.4 is 9.62 Å². The quantitative estimate of drug-likeness (QED) is 0.436. The van der Waals surface area contributed by atoms with E-state index in [-0.39, 0.29) is 23.2 Å². The summed E-state index contributed by atoms with van der Waals surface area (Å²) in [6.45, 7) is 3.34. The third-order valence-corrected chi connectivity index (χ3v) is 7.31. The number of hydrogen-bond acceptors (Lipinski definition) is 4. The van der Waals surface area contributed by atoms with Crippen LogP contribution in [-0.4, -0.2) is 50.5 Å². The van der Waals surface area contributed by atoms with Crippen LogP contribution in [-0.2, 0) is 26.2 Å². The molecule has 1 N–H and O–H groups in total. The van der Waals surface area contributed by atoms with Crippen LogP contribution >= 0.6 is 46.4 Å². The minimum absolute atomic E-state index is 0.00237. The number of hydrogen-bond donors (Lipinski definition) is 1. The first kappa shape index (κ1) is 28.5. The predicted molar refractivity (Wildman–Crippen MR) is 138 cm³/mol. The first-order valence-electron chi connectivity index (χ1n) is 10.3. The van der Waals surface area contributed by atoms with E-state index in [4.69, 9.17) is 46.4 Å². The van der Waals surface area contributed by atoms with Gasteiger partial charge in [0.2, 0.25) is 21.8 Å². The minimum Gasteiger partial charge on any atom is -0.354 e. The fourth-order valence-electron chi connectivity index (χ4n) is 3.09. The highest BCUT2D eigenvalue weighted by Crippen LogP contribution is 2.31. The molecule has 0 aromatic heterocycles. The van der Waals surface area contributed by atoms with Gasteiger partial charge in [0.25, 0.3) is 0 Å². The Labute approximate surface area is 220 Å². The third-order valence-electron chi connectivity index (χ3n) is 4.91. The van der Waals surface area contributed by atoms with Gasteiger partial charge in [-0.1, -0.05) is 59.4 Å². The molecule has 186 valence electrons. The fourth-order valence-corrected chi connectivity index (χ4v) is 4.83. The molecule has 12 heteroatoms. The molecule has 0 saturated carbocycles. The van der Waals surface area contributed by atoms with Crippen molar-refractivity contribution in [1.82, 2.24) is 10.2 Å². The topological polar surface area (TPSA) is 86.8 Å². The van der Waals surface area contributed by atoms with Crippen molar-refractivity contribution in [3.8, 4) is 0 Å². The lowest BCUT2D eigenvalue weighted by Gasteiger charge is -2.31. The first-order chi connectivity index (χ1) is 15.8. The van der Waals surface area contributed by atoms with Crippen LogP contribution in [0.5, 0.6) is 0 Å². The van der Waals surface area contributed by atoms with Crippen LogP contribution in [0.3, 0.4) is 0 Å². The molecule has 0 bridgehead atoms. The van der Waals surface area contributed by atoms with Gasteiger partial charge in [0.05, 0.1) is 27.0 Å². The molecule has 0 fully saturated rings. The summed E-state index contributed by atoms with van der Waals surface area (Å²) in [5.41, 5.74) is 0.716. The van der Waals surface area contributed by atoms with Crippen molar-refractivity contribution in [2.45, 2.75) is 32.9 Å². The van der Waals surface area contributed by atoms with Gasteiger partial charge in [0.1, 0.15) is 12.6 Å². The molecule has 2 aromatic carbocycles. The summed E-state index contributed by atoms with van der Waals surface area (Å²) in [7, 11) is -3.91. The molecule has 0 spiro atoms. The molecule has 2 amide bonds. The zero-order chi connectivity index (χ0) is 25.6. The van der Waals surface area contributed by atoms with Crippen LogP contribution in [0.15, 0.2) is 36.4 Å². The highest BCUT2D eigenvalue weighted by molar-refractivity contribution is 7.92. The van der Waals surface area contributed by atoms with Gasteiger partial charge in [0, 0.05) is 18.1 Å². The molecule has 0 radical (unpaired) electrons. The summed E-state index contributed by atoms with van der Waals surface area (Å²) in [5, 5.41) is 3.77. The van der Waals surface area contributed by atoms with E-state index < -0.39 is 28.5 Å². The van der Waals surface area contributed by atoms with E-state index in [1.54, 1.807) is 25.1 Å². The van der Waals surface area contributed by atoms with Crippen molar-refractivity contribution < 1.29 is 18.0 Å². The van der Waals surface area contributed by atoms with Crippen LogP contribution in [0.25, 0.3) is 0 Å². The Morgan fingerprint density at radius 2 is 1.68 bits per heavy atom. The molecule has 0 aliphatic carbocycles. The summed E-state index contributed by atoms with van der Waals surface area (Å²) in [6, 6.07) is 8.23. The molecule has 7 nitrogen and oxygen atoms in total. The van der Waals surface area contributed by atoms with Gasteiger partial charge in [-0.25, -0.2) is 8.42 Å². The second-order valence-electron chi connectivity index (χ2n) is 7.60. The van der Waals surface area contributed by atoms with Gasteiger partial charge in [-0.15, -0.1) is 0 Å². The summed E-state index contributed by atoms with van der Waals surface area (Å²) in [4.78, 5) is 27.4. The van der Waals surface area contributed by atoms with E-state index in [1.165, 1.54) is 23.1 Å². The van der Waals surface area contributed by atoms with Crippen molar-refractivity contribution in [3.63, 3.8) is 0 Å². The molecule has 0 aliphatic heterocycles. The van der Waals surface area contributed by atoms with Crippen molar-refractivity contribution in [1.29, 1.82) is 0 Å². The molecule has 0 heterocycles. The van der Waals surface area contributed by atoms with Crippen LogP contribution in [0.1, 0.15) is 25.8 Å². The second kappa shape index (κ2) is 12.3. The van der Waals surface area contributed by atoms with Crippen LogP contribution in [0.4, 0.5) is 5.69 Å². The number of halogens is 4. The lowest BCUT2D eigenvalue weighted by atomic mass is 10.1. The third kappa shape index (κ3) is 7.65. The smallest absolute Gasteiger partial charge is 0.244 e. The zero-order valence-corrected chi connectivity index (χ0v) is 22.7. The standard InChI is InChI=1S/C22H25Cl4N3O4S/c1-4-9-27-22(31)14(2)28(12-15-5-7-17(24)18(25)10-15)21(30)13-29(34(3,32)33)20-8-6-16(23)11-19(20)26/h5-8,10-11,14H,4,9,12-13H2,1-3H3,(H,27,31). The van der Waals surface area contributed by atoms with Gasteiger partial charge in [0.15, 0.2) is 0 Å². The molecule has 1 unspecified atom stereocenters. The summed E-state index contributed by atoms with van der Waals surface area (Å²) >= 11 is 24.3. The van der Waals surface area contributed by atoms with E-state index in [2.05, 4.69) is 5.32 Å². The summed E-state index contributed by atoms with van der Waals surface area (Å²) in [5.74, 6) is -0.979. The second-order valence-corrected chi connectivity index (χ2v) is 11.2. The van der Waals surface area contributed by atoms with E-state index >= 15 is 0 Å². The maximum absolute atomic E-state index is 13.4. The first-order valence-corrected chi connectivity index (χ1v) is 13.6. The average Bonchev–Trinajstić information content (AvgIpc) is 2.75. The fraction of sp³-hybridized carbons (Fsp3) is 0.364. The molecular formula is C22H25Cl4N3O4S. The normalized spacial score (nSPS) is 12.2. The number of anilines is 1. The maximum Gasteiger partial charge on any atom is 0.244 e. The van der Waals surface area contributed by atoms with Crippen molar-refractivity contribution in [2.75, 3.05) is 23.7 Å². The number of amides is 2. The van der Waals surface area contributed by atoms with Gasteiger partial charge in [-0.05, 0) is 49.2 Å². The lowest BCUT2D eigenvalue weighted by molar-refractivity contribution is -0.139. The van der Waals surface area contributed by atoms with Crippen molar-refractivity contribution in [2.24, 2.45) is 0 Å². The Morgan fingerprint density at radius 1 is 1.00 bits per heavy atom. The van der Waals surface area contributed by atoms with Gasteiger partial charge in [-0.3, -0.25) is 13.9 Å². The van der Waals surface area contributed by atoms with Crippen molar-refractivity contribution >= 4 is 73.9 Å². The number of rotatable bonds is 10. The molecule has 0 saturated heterocycles. The van der Waals surface area contributed by atoms with Crippen molar-refractivity contribution in [3.05, 3.63) is 62.1 Å². The molecule has 0 aliphatic rings. The van der Waals surface area contributed by atoms with E-state index in [1.807, 2.05) is 6.92 Å². The molecule has 2 rings (SSSR count). The number of carbonyl (C=O) groups is 2. The van der Waals surface area contributed by atoms with Gasteiger partial charge >= 0.3 is 0 Å². The Balaban J connectivity index is 2.42. The molecule has 2 aromatic rings. The molecule has 1 atom stereocenters. The monoisotopic (exact) mass is 567 g/mol. The van der Waals surface area contributed by atoms with E-state index in [9.17, 15) is 18.0 Å². The van der Waals surface area contributed by atoms with Gasteiger partial charge < -0.3 is 10.2 Å². The van der Waals surface area contributed by atoms with Gasteiger partial charge in [-0.2, -0.15) is 0 Å². The minimum atomic E-state index is -3.91. The maximum atomic E-state index is 13.4. The Hall–Kier alpha value is -1.71. The predicted octanol–water partition coefficient (Wildman–Crippen LogP) is 5.01. The lowest BCUT2D eigenvalue weighted by Crippen LogP contribution is -2.51. The van der Waals surface area contributed by atoms with Crippen LogP contribution in [0.2, 0.25) is 20.1 Å². The highest BCUT2D eigenvalue weighted by Gasteiger charge is 2.30. The zero-order valence-electron chi connectivity index (χ0n) is 18.8. The number of nitrogens with one attached hydrogen (secondary N) is 1. The van der Waals surface area contributed by atoms with E-state index in [0.29, 0.717) is 27.2 Å². The summed E-state index contributed by atoms with van der Waals surface area (Å²) < 4.78 is 26.0. The number of carbonyl (C=O) groups excluding carboxylic acids is 2.